The van der Waals surface area contributed by atoms with Crippen LogP contribution < -0.4 is 10.2 Å². The molecule has 5 nitrogen and oxygen atoms in total. The minimum Gasteiger partial charge on any atom is -0.368 e. The summed E-state index contributed by atoms with van der Waals surface area (Å²) in [5.74, 6) is 0.489. The number of aryl methyl sites for hydroxylation is 1. The van der Waals surface area contributed by atoms with Crippen molar-refractivity contribution in [2.45, 2.75) is 52.6 Å². The van der Waals surface area contributed by atoms with Crippen molar-refractivity contribution < 1.29 is 14.3 Å². The Morgan fingerprint density at radius 3 is 2.83 bits per heavy atom. The number of fused-ring (bicyclic) bond motifs is 1. The van der Waals surface area contributed by atoms with E-state index in [4.69, 9.17) is 4.74 Å². The van der Waals surface area contributed by atoms with E-state index in [1.54, 1.807) is 0 Å². The monoisotopic (exact) mass is 330 g/mol. The van der Waals surface area contributed by atoms with Crippen LogP contribution >= 0.6 is 0 Å². The molecule has 2 aliphatic rings. The highest BCUT2D eigenvalue weighted by molar-refractivity contribution is 6.00. The third kappa shape index (κ3) is 3.31. The molecule has 0 bridgehead atoms. The van der Waals surface area contributed by atoms with Crippen molar-refractivity contribution in [3.8, 4) is 0 Å². The smallest absolute Gasteiger partial charge is 0.256 e. The standard InChI is InChI=1S/C19H26N2O3/c1-12-8-10-24-17(11-12)19(23)21-9-4-5-15-16(20-14(3)22)7-6-13(2)18(15)21/h6-7,12,17H,4-5,8-11H2,1-3H3,(H,20,22)/t12-,17-/m0/s1. The van der Waals surface area contributed by atoms with Crippen molar-refractivity contribution in [1.82, 2.24) is 0 Å². The van der Waals surface area contributed by atoms with E-state index >= 15 is 0 Å². The van der Waals surface area contributed by atoms with Crippen molar-refractivity contribution in [2.24, 2.45) is 5.92 Å². The fraction of sp³-hybridized carbons (Fsp3) is 0.579. The van der Waals surface area contributed by atoms with Crippen LogP contribution in [0, 0.1) is 12.8 Å². The van der Waals surface area contributed by atoms with Gasteiger partial charge in [0.15, 0.2) is 0 Å². The predicted molar refractivity (Wildman–Crippen MR) is 94.3 cm³/mol. The molecule has 24 heavy (non-hydrogen) atoms. The molecule has 130 valence electrons. The Bertz CT molecular complexity index is 656. The Morgan fingerprint density at radius 2 is 2.12 bits per heavy atom. The second-order valence-electron chi connectivity index (χ2n) is 7.02. The first-order valence-corrected chi connectivity index (χ1v) is 8.80. The number of anilines is 2. The molecular formula is C19H26N2O3. The zero-order chi connectivity index (χ0) is 17.3. The van der Waals surface area contributed by atoms with E-state index in [1.165, 1.54) is 6.92 Å². The third-order valence-corrected chi connectivity index (χ3v) is 4.96. The van der Waals surface area contributed by atoms with Crippen molar-refractivity contribution >= 4 is 23.2 Å². The lowest BCUT2D eigenvalue weighted by molar-refractivity contribution is -0.134. The van der Waals surface area contributed by atoms with Gasteiger partial charge in [-0.2, -0.15) is 0 Å². The Labute approximate surface area is 143 Å². The van der Waals surface area contributed by atoms with Gasteiger partial charge >= 0.3 is 0 Å². The molecule has 0 unspecified atom stereocenters. The maximum absolute atomic E-state index is 13.1. The average molecular weight is 330 g/mol. The van der Waals surface area contributed by atoms with E-state index in [2.05, 4.69) is 12.2 Å². The van der Waals surface area contributed by atoms with Crippen molar-refractivity contribution in [1.29, 1.82) is 0 Å². The van der Waals surface area contributed by atoms with Crippen LogP contribution in [0.25, 0.3) is 0 Å². The Morgan fingerprint density at radius 1 is 1.33 bits per heavy atom. The Hall–Kier alpha value is -1.88. The molecule has 0 aromatic heterocycles. The molecule has 0 spiro atoms. The van der Waals surface area contributed by atoms with Gasteiger partial charge in [0.2, 0.25) is 5.91 Å². The number of hydrogen-bond donors (Lipinski definition) is 1. The van der Waals surface area contributed by atoms with Gasteiger partial charge < -0.3 is 15.0 Å². The van der Waals surface area contributed by atoms with Crippen LogP contribution in [-0.2, 0) is 20.7 Å². The molecule has 1 N–H and O–H groups in total. The van der Waals surface area contributed by atoms with Crippen LogP contribution in [-0.4, -0.2) is 31.1 Å². The molecule has 5 heteroatoms. The average Bonchev–Trinajstić information content (AvgIpc) is 2.56. The maximum atomic E-state index is 13.1. The van der Waals surface area contributed by atoms with Crippen LogP contribution in [0.4, 0.5) is 11.4 Å². The van der Waals surface area contributed by atoms with Crippen molar-refractivity contribution in [3.63, 3.8) is 0 Å². The summed E-state index contributed by atoms with van der Waals surface area (Å²) in [7, 11) is 0. The number of rotatable bonds is 2. The number of carbonyl (C=O) groups is 2. The lowest BCUT2D eigenvalue weighted by atomic mass is 9.93. The second kappa shape index (κ2) is 6.93. The summed E-state index contributed by atoms with van der Waals surface area (Å²) in [6.07, 6.45) is 3.24. The highest BCUT2D eigenvalue weighted by atomic mass is 16.5. The summed E-state index contributed by atoms with van der Waals surface area (Å²) in [5.41, 5.74) is 3.91. The SMILES string of the molecule is CC(=O)Nc1ccc(C)c2c1CCCN2C(=O)[C@@H]1C[C@@H](C)CCO1. The van der Waals surface area contributed by atoms with Crippen LogP contribution in [0.1, 0.15) is 44.2 Å². The highest BCUT2D eigenvalue weighted by Gasteiger charge is 2.33. The van der Waals surface area contributed by atoms with E-state index in [-0.39, 0.29) is 17.9 Å². The third-order valence-electron chi connectivity index (χ3n) is 4.96. The zero-order valence-electron chi connectivity index (χ0n) is 14.7. The fourth-order valence-corrected chi connectivity index (χ4v) is 3.74. The Balaban J connectivity index is 1.93. The molecule has 2 heterocycles. The number of benzene rings is 1. The predicted octanol–water partition coefficient (Wildman–Crippen LogP) is 3.05. The lowest BCUT2D eigenvalue weighted by Crippen LogP contribution is -2.45. The van der Waals surface area contributed by atoms with Crippen molar-refractivity contribution in [2.75, 3.05) is 23.4 Å². The number of hydrogen-bond acceptors (Lipinski definition) is 3. The van der Waals surface area contributed by atoms with Gasteiger partial charge in [-0.3, -0.25) is 9.59 Å². The molecule has 0 radical (unpaired) electrons. The summed E-state index contributed by atoms with van der Waals surface area (Å²) in [5, 5.41) is 2.90. The van der Waals surface area contributed by atoms with Crippen LogP contribution in [0.3, 0.4) is 0 Å². The molecule has 1 aromatic carbocycles. The second-order valence-corrected chi connectivity index (χ2v) is 7.02. The minimum absolute atomic E-state index is 0.0607. The highest BCUT2D eigenvalue weighted by Crippen LogP contribution is 2.37. The zero-order valence-corrected chi connectivity index (χ0v) is 14.7. The summed E-state index contributed by atoms with van der Waals surface area (Å²) in [6, 6.07) is 3.91. The van der Waals surface area contributed by atoms with E-state index in [9.17, 15) is 9.59 Å². The van der Waals surface area contributed by atoms with Crippen molar-refractivity contribution in [3.05, 3.63) is 23.3 Å². The summed E-state index contributed by atoms with van der Waals surface area (Å²) in [4.78, 5) is 26.4. The molecule has 1 fully saturated rings. The normalized spacial score (nSPS) is 23.5. The molecule has 2 amide bonds. The van der Waals surface area contributed by atoms with Gasteiger partial charge in [-0.25, -0.2) is 0 Å². The van der Waals surface area contributed by atoms with Gasteiger partial charge in [0.05, 0.1) is 5.69 Å². The van der Waals surface area contributed by atoms with E-state index < -0.39 is 0 Å². The minimum atomic E-state index is -0.344. The maximum Gasteiger partial charge on any atom is 0.256 e. The van der Waals surface area contributed by atoms with Gasteiger partial charge in [0.1, 0.15) is 6.10 Å². The number of nitrogens with zero attached hydrogens (tertiary/aromatic N) is 1. The number of carbonyl (C=O) groups excluding carboxylic acids is 2. The first-order valence-electron chi connectivity index (χ1n) is 8.80. The molecule has 1 saturated heterocycles. The van der Waals surface area contributed by atoms with Gasteiger partial charge in [0, 0.05) is 25.8 Å². The first kappa shape index (κ1) is 17.0. The van der Waals surface area contributed by atoms with Gasteiger partial charge in [0.25, 0.3) is 5.91 Å². The van der Waals surface area contributed by atoms with E-state index in [1.807, 2.05) is 24.0 Å². The Kier molecular flexibility index (Phi) is 4.90. The molecule has 3 rings (SSSR count). The number of nitrogens with one attached hydrogen (secondary N) is 1. The summed E-state index contributed by atoms with van der Waals surface area (Å²) < 4.78 is 5.75. The van der Waals surface area contributed by atoms with Gasteiger partial charge in [-0.05, 0) is 55.7 Å². The number of amides is 2. The quantitative estimate of drug-likeness (QED) is 0.907. The molecule has 0 aliphatic carbocycles. The largest absolute Gasteiger partial charge is 0.368 e. The van der Waals surface area contributed by atoms with Crippen LogP contribution in [0.5, 0.6) is 0 Å². The van der Waals surface area contributed by atoms with Gasteiger partial charge in [-0.1, -0.05) is 13.0 Å². The molecular weight excluding hydrogens is 304 g/mol. The topological polar surface area (TPSA) is 58.6 Å². The van der Waals surface area contributed by atoms with Crippen LogP contribution in [0.15, 0.2) is 12.1 Å². The first-order chi connectivity index (χ1) is 11.5. The van der Waals surface area contributed by atoms with E-state index in [0.717, 1.165) is 48.2 Å². The fourth-order valence-electron chi connectivity index (χ4n) is 3.74. The molecule has 2 atom stereocenters. The van der Waals surface area contributed by atoms with Crippen LogP contribution in [0.2, 0.25) is 0 Å². The van der Waals surface area contributed by atoms with E-state index in [0.29, 0.717) is 19.1 Å². The lowest BCUT2D eigenvalue weighted by Gasteiger charge is -2.36. The summed E-state index contributed by atoms with van der Waals surface area (Å²) in [6.45, 7) is 7.07. The molecule has 2 aliphatic heterocycles. The molecule has 1 aromatic rings. The molecule has 0 saturated carbocycles. The van der Waals surface area contributed by atoms with Gasteiger partial charge in [-0.15, -0.1) is 0 Å². The number of ether oxygens (including phenoxy) is 1. The summed E-state index contributed by atoms with van der Waals surface area (Å²) >= 11 is 0.